The minimum Gasteiger partial charge on any atom is -0.263 e. The highest BCUT2D eigenvalue weighted by atomic mass is 32.2. The van der Waals surface area contributed by atoms with Crippen LogP contribution in [0.5, 0.6) is 0 Å². The second-order valence-corrected chi connectivity index (χ2v) is 5.12. The van der Waals surface area contributed by atoms with Gasteiger partial charge in [-0.2, -0.15) is 0 Å². The molecule has 2 rings (SSSR count). The molecule has 5 heteroatoms. The van der Waals surface area contributed by atoms with E-state index in [2.05, 4.69) is 16.8 Å². The van der Waals surface area contributed by atoms with Crippen LogP contribution < -0.4 is 5.14 Å². The molecule has 2 N–H and O–H groups in total. The molecule has 2 aromatic rings. The fourth-order valence-corrected chi connectivity index (χ4v) is 1.82. The first kappa shape index (κ1) is 12.3. The summed E-state index contributed by atoms with van der Waals surface area (Å²) in [6.07, 6.45) is 3.33. The summed E-state index contributed by atoms with van der Waals surface area (Å²) in [6, 6.07) is 9.74. The van der Waals surface area contributed by atoms with Gasteiger partial charge in [0.1, 0.15) is 0 Å². The van der Waals surface area contributed by atoms with Crippen LogP contribution in [0.1, 0.15) is 11.1 Å². The lowest BCUT2D eigenvalue weighted by molar-refractivity contribution is 0.598. The minimum absolute atomic E-state index is 0.0782. The van der Waals surface area contributed by atoms with Crippen LogP contribution in [-0.2, 0) is 10.0 Å². The Morgan fingerprint density at radius 3 is 2.22 bits per heavy atom. The summed E-state index contributed by atoms with van der Waals surface area (Å²) >= 11 is 0. The topological polar surface area (TPSA) is 73.1 Å². The molecule has 1 aromatic heterocycles. The molecule has 0 saturated heterocycles. The van der Waals surface area contributed by atoms with Gasteiger partial charge in [0.05, 0.1) is 4.90 Å². The number of primary sulfonamides is 1. The number of nitrogens with two attached hydrogens (primary N) is 1. The van der Waals surface area contributed by atoms with Gasteiger partial charge in [-0.05, 0) is 36.4 Å². The van der Waals surface area contributed by atoms with Crippen molar-refractivity contribution < 1.29 is 8.42 Å². The summed E-state index contributed by atoms with van der Waals surface area (Å²) in [4.78, 5) is 4.02. The monoisotopic (exact) mass is 258 g/mol. The molecule has 1 aromatic carbocycles. The van der Waals surface area contributed by atoms with Gasteiger partial charge in [-0.3, -0.25) is 4.98 Å². The number of aromatic nitrogens is 1. The first-order valence-electron chi connectivity index (χ1n) is 5.10. The summed E-state index contributed by atoms with van der Waals surface area (Å²) < 4.78 is 22.1. The summed E-state index contributed by atoms with van der Waals surface area (Å²) in [5, 5.41) is 5.00. The van der Waals surface area contributed by atoms with Crippen molar-refractivity contribution in [3.63, 3.8) is 0 Å². The maximum atomic E-state index is 11.1. The molecule has 0 aliphatic heterocycles. The number of hydrogen-bond acceptors (Lipinski definition) is 3. The van der Waals surface area contributed by atoms with Gasteiger partial charge in [0, 0.05) is 23.5 Å². The molecule has 0 saturated carbocycles. The minimum atomic E-state index is -3.64. The lowest BCUT2D eigenvalue weighted by atomic mass is 10.2. The molecule has 0 bridgehead atoms. The molecule has 0 amide bonds. The molecule has 0 aliphatic rings. The molecule has 0 atom stereocenters. The van der Waals surface area contributed by atoms with Gasteiger partial charge in [-0.25, -0.2) is 13.6 Å². The number of nitrogens with zero attached hydrogens (tertiary/aromatic N) is 1. The van der Waals surface area contributed by atoms with Crippen LogP contribution in [0.2, 0.25) is 0 Å². The Bertz CT molecular complexity index is 696. The Hall–Kier alpha value is -2.16. The summed E-state index contributed by atoms with van der Waals surface area (Å²) in [5.41, 5.74) is 1.51. The van der Waals surface area contributed by atoms with Crippen LogP contribution in [0, 0.1) is 11.8 Å². The van der Waals surface area contributed by atoms with Gasteiger partial charge in [0.2, 0.25) is 10.0 Å². The van der Waals surface area contributed by atoms with Crippen molar-refractivity contribution in [1.29, 1.82) is 0 Å². The number of hydrogen-bond donors (Lipinski definition) is 1. The fourth-order valence-electron chi connectivity index (χ4n) is 1.31. The van der Waals surface area contributed by atoms with E-state index in [0.717, 1.165) is 5.56 Å². The van der Waals surface area contributed by atoms with Crippen molar-refractivity contribution >= 4 is 10.0 Å². The lowest BCUT2D eigenvalue weighted by Crippen LogP contribution is -2.11. The first-order chi connectivity index (χ1) is 8.55. The highest BCUT2D eigenvalue weighted by molar-refractivity contribution is 7.89. The zero-order valence-electron chi connectivity index (χ0n) is 9.37. The van der Waals surface area contributed by atoms with E-state index in [-0.39, 0.29) is 4.90 Å². The highest BCUT2D eigenvalue weighted by Crippen LogP contribution is 2.07. The average Bonchev–Trinajstić information content (AvgIpc) is 2.37. The van der Waals surface area contributed by atoms with E-state index in [9.17, 15) is 8.42 Å². The van der Waals surface area contributed by atoms with E-state index in [1.165, 1.54) is 12.1 Å². The Kier molecular flexibility index (Phi) is 3.42. The van der Waals surface area contributed by atoms with Crippen molar-refractivity contribution in [3.05, 3.63) is 59.9 Å². The molecule has 4 nitrogen and oxygen atoms in total. The average molecular weight is 258 g/mol. The normalized spacial score (nSPS) is 10.5. The van der Waals surface area contributed by atoms with E-state index >= 15 is 0 Å². The van der Waals surface area contributed by atoms with Crippen LogP contribution >= 0.6 is 0 Å². The third-order valence-electron chi connectivity index (χ3n) is 2.20. The summed E-state index contributed by atoms with van der Waals surface area (Å²) in [6.45, 7) is 0. The standard InChI is InChI=1S/C13H10N2O2S/c14-18(16,17)13-7-5-11(6-8-13)3-4-12-2-1-9-15-10-12/h1-2,5-10H,(H2,14,16,17). The Balaban J connectivity index is 2.25. The lowest BCUT2D eigenvalue weighted by Gasteiger charge is -1.96. The van der Waals surface area contributed by atoms with E-state index in [0.29, 0.717) is 5.56 Å². The van der Waals surface area contributed by atoms with Crippen LogP contribution in [0.4, 0.5) is 0 Å². The van der Waals surface area contributed by atoms with Gasteiger partial charge in [-0.15, -0.1) is 0 Å². The molecule has 90 valence electrons. The quantitative estimate of drug-likeness (QED) is 0.779. The zero-order chi connectivity index (χ0) is 13.0. The van der Waals surface area contributed by atoms with E-state index in [1.807, 2.05) is 6.07 Å². The van der Waals surface area contributed by atoms with Gasteiger partial charge < -0.3 is 0 Å². The van der Waals surface area contributed by atoms with Crippen molar-refractivity contribution in [3.8, 4) is 11.8 Å². The molecule has 0 fully saturated rings. The second kappa shape index (κ2) is 5.00. The van der Waals surface area contributed by atoms with E-state index < -0.39 is 10.0 Å². The smallest absolute Gasteiger partial charge is 0.238 e. The predicted octanol–water partition coefficient (Wildman–Crippen LogP) is 1.13. The van der Waals surface area contributed by atoms with Crippen LogP contribution in [0.15, 0.2) is 53.7 Å². The first-order valence-corrected chi connectivity index (χ1v) is 6.65. The number of rotatable bonds is 1. The SMILES string of the molecule is NS(=O)(=O)c1ccc(C#Cc2cccnc2)cc1. The third-order valence-corrected chi connectivity index (χ3v) is 3.12. The van der Waals surface area contributed by atoms with Crippen LogP contribution in [0.3, 0.4) is 0 Å². The fraction of sp³-hybridized carbons (Fsp3) is 0. The number of benzene rings is 1. The Morgan fingerprint density at radius 2 is 1.67 bits per heavy atom. The second-order valence-electron chi connectivity index (χ2n) is 3.56. The summed E-state index contributed by atoms with van der Waals surface area (Å²) in [5.74, 6) is 5.84. The molecule has 0 aliphatic carbocycles. The van der Waals surface area contributed by atoms with E-state index in [4.69, 9.17) is 5.14 Å². The van der Waals surface area contributed by atoms with Crippen molar-refractivity contribution in [2.24, 2.45) is 5.14 Å². The highest BCUT2D eigenvalue weighted by Gasteiger charge is 2.05. The van der Waals surface area contributed by atoms with Gasteiger partial charge in [-0.1, -0.05) is 11.8 Å². The molecule has 0 unspecified atom stereocenters. The Labute approximate surface area is 106 Å². The van der Waals surface area contributed by atoms with Crippen molar-refractivity contribution in [2.45, 2.75) is 4.90 Å². The maximum Gasteiger partial charge on any atom is 0.238 e. The number of sulfonamides is 1. The largest absolute Gasteiger partial charge is 0.263 e. The van der Waals surface area contributed by atoms with Crippen LogP contribution in [0.25, 0.3) is 0 Å². The third kappa shape index (κ3) is 3.17. The van der Waals surface area contributed by atoms with Crippen LogP contribution in [-0.4, -0.2) is 13.4 Å². The predicted molar refractivity (Wildman–Crippen MR) is 68.0 cm³/mol. The molecule has 1 heterocycles. The molecule has 0 radical (unpaired) electrons. The molecular weight excluding hydrogens is 248 g/mol. The summed E-state index contributed by atoms with van der Waals surface area (Å²) in [7, 11) is -3.64. The van der Waals surface area contributed by atoms with Gasteiger partial charge in [0.15, 0.2) is 0 Å². The number of pyridine rings is 1. The van der Waals surface area contributed by atoms with Gasteiger partial charge >= 0.3 is 0 Å². The van der Waals surface area contributed by atoms with Gasteiger partial charge in [0.25, 0.3) is 0 Å². The maximum absolute atomic E-state index is 11.1. The molecule has 18 heavy (non-hydrogen) atoms. The Morgan fingerprint density at radius 1 is 1.00 bits per heavy atom. The zero-order valence-corrected chi connectivity index (χ0v) is 10.2. The van der Waals surface area contributed by atoms with Crippen molar-refractivity contribution in [1.82, 2.24) is 4.98 Å². The molecule has 0 spiro atoms. The van der Waals surface area contributed by atoms with Crippen molar-refractivity contribution in [2.75, 3.05) is 0 Å². The molecular formula is C13H10N2O2S. The van der Waals surface area contributed by atoms with E-state index in [1.54, 1.807) is 30.6 Å².